The molecule has 0 radical (unpaired) electrons. The molecule has 0 amide bonds. The van der Waals surface area contributed by atoms with Gasteiger partial charge in [0.05, 0.1) is 0 Å². The molecule has 3 heterocycles. The first kappa shape index (κ1) is 11.6. The Balaban J connectivity index is 2.07. The Hall–Kier alpha value is -0.830. The average molecular weight is 223 g/mol. The van der Waals surface area contributed by atoms with Gasteiger partial charge in [0.15, 0.2) is 0 Å². The van der Waals surface area contributed by atoms with Gasteiger partial charge in [-0.1, -0.05) is 13.5 Å². The Morgan fingerprint density at radius 1 is 1.56 bits per heavy atom. The minimum Gasteiger partial charge on any atom is -0.453 e. The topological polar surface area (TPSA) is 29.5 Å². The van der Waals surface area contributed by atoms with Crippen molar-refractivity contribution in [3.05, 3.63) is 12.7 Å². The molecule has 3 aliphatic rings. The van der Waals surface area contributed by atoms with Crippen LogP contribution < -0.4 is 0 Å². The van der Waals surface area contributed by atoms with Crippen LogP contribution in [0.15, 0.2) is 12.7 Å². The molecule has 16 heavy (non-hydrogen) atoms. The smallest absolute Gasteiger partial charge is 0.306 e. The van der Waals surface area contributed by atoms with Gasteiger partial charge in [0, 0.05) is 18.9 Å². The van der Waals surface area contributed by atoms with Crippen molar-refractivity contribution in [3.63, 3.8) is 0 Å². The van der Waals surface area contributed by atoms with E-state index in [0.29, 0.717) is 12.3 Å². The summed E-state index contributed by atoms with van der Waals surface area (Å²) in [5.41, 5.74) is -0.400. The SMILES string of the molecule is C=CC1(OC(=O)CCC)CN2CCC1CC2. The third-order valence-electron chi connectivity index (χ3n) is 3.85. The van der Waals surface area contributed by atoms with Gasteiger partial charge in [-0.2, -0.15) is 0 Å². The van der Waals surface area contributed by atoms with Crippen LogP contribution in [0.3, 0.4) is 0 Å². The van der Waals surface area contributed by atoms with E-state index in [0.717, 1.165) is 38.9 Å². The maximum atomic E-state index is 11.7. The first-order valence-corrected chi connectivity index (χ1v) is 6.28. The number of esters is 1. The molecule has 90 valence electrons. The first-order valence-electron chi connectivity index (χ1n) is 6.28. The van der Waals surface area contributed by atoms with E-state index < -0.39 is 5.60 Å². The number of hydrogen-bond donors (Lipinski definition) is 0. The van der Waals surface area contributed by atoms with E-state index in [-0.39, 0.29) is 5.97 Å². The van der Waals surface area contributed by atoms with Crippen molar-refractivity contribution in [2.45, 2.75) is 38.2 Å². The minimum atomic E-state index is -0.400. The van der Waals surface area contributed by atoms with Crippen molar-refractivity contribution in [1.29, 1.82) is 0 Å². The van der Waals surface area contributed by atoms with Crippen molar-refractivity contribution >= 4 is 5.97 Å². The number of nitrogens with zero attached hydrogens (tertiary/aromatic N) is 1. The summed E-state index contributed by atoms with van der Waals surface area (Å²) < 4.78 is 5.70. The molecule has 3 heteroatoms. The van der Waals surface area contributed by atoms with Crippen LogP contribution in [0.2, 0.25) is 0 Å². The van der Waals surface area contributed by atoms with Gasteiger partial charge in [0.2, 0.25) is 0 Å². The van der Waals surface area contributed by atoms with Gasteiger partial charge >= 0.3 is 5.97 Å². The Morgan fingerprint density at radius 3 is 2.69 bits per heavy atom. The zero-order valence-electron chi connectivity index (χ0n) is 10.1. The second-order valence-electron chi connectivity index (χ2n) is 4.93. The van der Waals surface area contributed by atoms with E-state index in [2.05, 4.69) is 11.5 Å². The fourth-order valence-electron chi connectivity index (χ4n) is 2.91. The monoisotopic (exact) mass is 223 g/mol. The van der Waals surface area contributed by atoms with Gasteiger partial charge in [0.1, 0.15) is 5.60 Å². The summed E-state index contributed by atoms with van der Waals surface area (Å²) >= 11 is 0. The molecule has 0 N–H and O–H groups in total. The van der Waals surface area contributed by atoms with E-state index in [1.54, 1.807) is 0 Å². The maximum absolute atomic E-state index is 11.7. The molecule has 3 fully saturated rings. The summed E-state index contributed by atoms with van der Waals surface area (Å²) in [6, 6.07) is 0. The van der Waals surface area contributed by atoms with E-state index >= 15 is 0 Å². The highest BCUT2D eigenvalue weighted by Crippen LogP contribution is 2.39. The van der Waals surface area contributed by atoms with Crippen LogP contribution >= 0.6 is 0 Å². The van der Waals surface area contributed by atoms with Crippen molar-refractivity contribution in [2.24, 2.45) is 5.92 Å². The number of hydrogen-bond acceptors (Lipinski definition) is 3. The molecule has 3 saturated heterocycles. The van der Waals surface area contributed by atoms with Gasteiger partial charge in [-0.15, -0.1) is 0 Å². The first-order chi connectivity index (χ1) is 7.70. The third-order valence-corrected chi connectivity index (χ3v) is 3.85. The van der Waals surface area contributed by atoms with Crippen LogP contribution in [-0.4, -0.2) is 36.1 Å². The molecule has 1 atom stereocenters. The molecular weight excluding hydrogens is 202 g/mol. The van der Waals surface area contributed by atoms with Crippen LogP contribution in [0, 0.1) is 5.92 Å². The molecule has 3 nitrogen and oxygen atoms in total. The highest BCUT2D eigenvalue weighted by atomic mass is 16.6. The summed E-state index contributed by atoms with van der Waals surface area (Å²) in [5, 5.41) is 0. The lowest BCUT2D eigenvalue weighted by Gasteiger charge is -2.50. The summed E-state index contributed by atoms with van der Waals surface area (Å²) in [6.07, 6.45) is 5.48. The summed E-state index contributed by atoms with van der Waals surface area (Å²) in [5.74, 6) is 0.409. The molecule has 1 unspecified atom stereocenters. The number of piperidine rings is 3. The second-order valence-corrected chi connectivity index (χ2v) is 4.93. The van der Waals surface area contributed by atoms with Gasteiger partial charge in [0.25, 0.3) is 0 Å². The van der Waals surface area contributed by atoms with Crippen LogP contribution in [0.5, 0.6) is 0 Å². The van der Waals surface area contributed by atoms with Gasteiger partial charge in [-0.3, -0.25) is 9.69 Å². The standard InChI is InChI=1S/C13H21NO2/c1-3-5-12(15)16-13(4-2)10-14-8-6-11(13)7-9-14/h4,11H,2-3,5-10H2,1H3. The fraction of sp³-hybridized carbons (Fsp3) is 0.769. The number of carbonyl (C=O) groups is 1. The van der Waals surface area contributed by atoms with Crippen LogP contribution in [0.4, 0.5) is 0 Å². The molecule has 3 aliphatic heterocycles. The summed E-state index contributed by atoms with van der Waals surface area (Å²) in [6.45, 7) is 9.02. The number of ether oxygens (including phenoxy) is 1. The van der Waals surface area contributed by atoms with E-state index in [1.165, 1.54) is 0 Å². The van der Waals surface area contributed by atoms with Gasteiger partial charge in [-0.25, -0.2) is 0 Å². The highest BCUT2D eigenvalue weighted by molar-refractivity contribution is 5.70. The lowest BCUT2D eigenvalue weighted by atomic mass is 9.75. The molecule has 0 aliphatic carbocycles. The molecule has 0 aromatic rings. The summed E-state index contributed by atoms with van der Waals surface area (Å²) in [4.78, 5) is 14.0. The molecule has 0 spiro atoms. The lowest BCUT2D eigenvalue weighted by Crippen LogP contribution is -2.59. The molecule has 0 saturated carbocycles. The Labute approximate surface area is 97.5 Å². The number of rotatable bonds is 4. The lowest BCUT2D eigenvalue weighted by molar-refractivity contribution is -0.172. The van der Waals surface area contributed by atoms with Crippen molar-refractivity contribution in [1.82, 2.24) is 4.90 Å². The molecule has 3 rings (SSSR count). The number of fused-ring (bicyclic) bond motifs is 3. The maximum Gasteiger partial charge on any atom is 0.306 e. The molecular formula is C13H21NO2. The average Bonchev–Trinajstić information content (AvgIpc) is 2.30. The van der Waals surface area contributed by atoms with Crippen LogP contribution in [0.1, 0.15) is 32.6 Å². The quantitative estimate of drug-likeness (QED) is 0.539. The predicted molar refractivity (Wildman–Crippen MR) is 63.1 cm³/mol. The predicted octanol–water partition coefficient (Wildman–Crippen LogP) is 1.98. The van der Waals surface area contributed by atoms with E-state index in [4.69, 9.17) is 4.74 Å². The number of carbonyl (C=O) groups excluding carboxylic acids is 1. The Bertz CT molecular complexity index is 282. The van der Waals surface area contributed by atoms with Crippen molar-refractivity contribution in [2.75, 3.05) is 19.6 Å². The fourth-order valence-corrected chi connectivity index (χ4v) is 2.91. The molecule has 0 aromatic carbocycles. The minimum absolute atomic E-state index is 0.0730. The van der Waals surface area contributed by atoms with Crippen LogP contribution in [-0.2, 0) is 9.53 Å². The largest absolute Gasteiger partial charge is 0.453 e. The zero-order chi connectivity index (χ0) is 11.6. The second kappa shape index (κ2) is 4.58. The summed E-state index contributed by atoms with van der Waals surface area (Å²) in [7, 11) is 0. The molecule has 0 aromatic heterocycles. The Morgan fingerprint density at radius 2 is 2.25 bits per heavy atom. The highest BCUT2D eigenvalue weighted by Gasteiger charge is 2.47. The van der Waals surface area contributed by atoms with Gasteiger partial charge in [-0.05, 0) is 38.4 Å². The van der Waals surface area contributed by atoms with Gasteiger partial charge < -0.3 is 4.74 Å². The van der Waals surface area contributed by atoms with Crippen molar-refractivity contribution in [3.8, 4) is 0 Å². The zero-order valence-corrected chi connectivity index (χ0v) is 10.1. The Kier molecular flexibility index (Phi) is 3.33. The van der Waals surface area contributed by atoms with E-state index in [9.17, 15) is 4.79 Å². The van der Waals surface area contributed by atoms with Crippen molar-refractivity contribution < 1.29 is 9.53 Å². The molecule has 2 bridgehead atoms. The third kappa shape index (κ3) is 2.01. The normalized spacial score (nSPS) is 37.1. The van der Waals surface area contributed by atoms with Crippen LogP contribution in [0.25, 0.3) is 0 Å². The van der Waals surface area contributed by atoms with E-state index in [1.807, 2.05) is 13.0 Å².